The minimum absolute atomic E-state index is 0.409. The average Bonchev–Trinajstić information content (AvgIpc) is 2.24. The van der Waals surface area contributed by atoms with Gasteiger partial charge in [0.25, 0.3) is 0 Å². The summed E-state index contributed by atoms with van der Waals surface area (Å²) in [6.45, 7) is 13.1. The molecule has 1 saturated heterocycles. The van der Waals surface area contributed by atoms with Gasteiger partial charge in [-0.25, -0.2) is 0 Å². The summed E-state index contributed by atoms with van der Waals surface area (Å²) >= 11 is 0. The van der Waals surface area contributed by atoms with E-state index in [-0.39, 0.29) is 0 Å². The Kier molecular flexibility index (Phi) is 5.90. The van der Waals surface area contributed by atoms with Crippen molar-refractivity contribution < 1.29 is 0 Å². The Morgan fingerprint density at radius 2 is 1.94 bits per heavy atom. The van der Waals surface area contributed by atoms with Crippen molar-refractivity contribution in [3.8, 4) is 0 Å². The molecule has 0 aromatic carbocycles. The van der Waals surface area contributed by atoms with Crippen LogP contribution in [0, 0.1) is 5.41 Å². The van der Waals surface area contributed by atoms with Gasteiger partial charge in [0.15, 0.2) is 0 Å². The molecule has 3 heteroatoms. The largest absolute Gasteiger partial charge is 0.316 e. The highest BCUT2D eigenvalue weighted by Crippen LogP contribution is 2.29. The van der Waals surface area contributed by atoms with Gasteiger partial charge in [0, 0.05) is 12.6 Å². The van der Waals surface area contributed by atoms with Crippen LogP contribution in [0.4, 0.5) is 0 Å². The first-order chi connectivity index (χ1) is 7.97. The maximum absolute atomic E-state index is 3.52. The first kappa shape index (κ1) is 14.9. The molecule has 0 amide bonds. The topological polar surface area (TPSA) is 18.5 Å². The van der Waals surface area contributed by atoms with Gasteiger partial charge in [-0.05, 0) is 58.5 Å². The summed E-state index contributed by atoms with van der Waals surface area (Å²) in [6, 6.07) is 0.746. The third-order valence-electron chi connectivity index (χ3n) is 3.97. The first-order valence-electron chi connectivity index (χ1n) is 7.07. The monoisotopic (exact) mass is 241 g/mol. The second-order valence-electron chi connectivity index (χ2n) is 6.26. The number of hydrogen-bond acceptors (Lipinski definition) is 3. The van der Waals surface area contributed by atoms with Gasteiger partial charge in [-0.1, -0.05) is 20.8 Å². The number of hydrogen-bond donors (Lipinski definition) is 1. The lowest BCUT2D eigenvalue weighted by Gasteiger charge is -2.45. The summed E-state index contributed by atoms with van der Waals surface area (Å²) in [7, 11) is 4.31. The van der Waals surface area contributed by atoms with Gasteiger partial charge < -0.3 is 10.2 Å². The molecule has 0 bridgehead atoms. The Hall–Kier alpha value is -0.120. The van der Waals surface area contributed by atoms with Gasteiger partial charge in [0.05, 0.1) is 0 Å². The summed E-state index contributed by atoms with van der Waals surface area (Å²) in [4.78, 5) is 4.96. The van der Waals surface area contributed by atoms with E-state index in [1.807, 2.05) is 0 Å². The van der Waals surface area contributed by atoms with Crippen molar-refractivity contribution in [2.24, 2.45) is 5.41 Å². The molecule has 102 valence electrons. The molecule has 1 aliphatic heterocycles. The van der Waals surface area contributed by atoms with Crippen molar-refractivity contribution >= 4 is 0 Å². The minimum Gasteiger partial charge on any atom is -0.316 e. The van der Waals surface area contributed by atoms with Crippen molar-refractivity contribution in [3.63, 3.8) is 0 Å². The summed E-state index contributed by atoms with van der Waals surface area (Å²) in [5.41, 5.74) is 0.409. The Bertz CT molecular complexity index is 214. The van der Waals surface area contributed by atoms with Crippen LogP contribution in [0.15, 0.2) is 0 Å². The zero-order valence-corrected chi connectivity index (χ0v) is 12.4. The summed E-state index contributed by atoms with van der Waals surface area (Å²) in [6.07, 6.45) is 2.57. The molecular formula is C14H31N3. The maximum atomic E-state index is 3.52. The van der Waals surface area contributed by atoms with Gasteiger partial charge in [0.1, 0.15) is 0 Å². The van der Waals surface area contributed by atoms with Gasteiger partial charge in [-0.2, -0.15) is 0 Å². The van der Waals surface area contributed by atoms with Gasteiger partial charge >= 0.3 is 0 Å². The second kappa shape index (κ2) is 6.72. The van der Waals surface area contributed by atoms with Crippen LogP contribution >= 0.6 is 0 Å². The molecule has 1 heterocycles. The average molecular weight is 241 g/mol. The van der Waals surface area contributed by atoms with Crippen LogP contribution in [0.5, 0.6) is 0 Å². The molecule has 17 heavy (non-hydrogen) atoms. The molecule has 1 unspecified atom stereocenters. The van der Waals surface area contributed by atoms with E-state index in [0.717, 1.165) is 12.6 Å². The van der Waals surface area contributed by atoms with Crippen LogP contribution in [-0.2, 0) is 0 Å². The molecule has 0 saturated carbocycles. The van der Waals surface area contributed by atoms with E-state index in [2.05, 4.69) is 50.0 Å². The summed E-state index contributed by atoms with van der Waals surface area (Å²) in [5.74, 6) is 0. The molecule has 0 aromatic heterocycles. The predicted octanol–water partition coefficient (Wildman–Crippen LogP) is 1.65. The number of nitrogens with one attached hydrogen (secondary N) is 1. The molecule has 0 aliphatic carbocycles. The quantitative estimate of drug-likeness (QED) is 0.763. The molecule has 1 rings (SSSR count). The highest BCUT2D eigenvalue weighted by atomic mass is 15.2. The predicted molar refractivity (Wildman–Crippen MR) is 75.5 cm³/mol. The van der Waals surface area contributed by atoms with E-state index < -0.39 is 0 Å². The van der Waals surface area contributed by atoms with E-state index >= 15 is 0 Å². The normalized spacial score (nSPS) is 24.5. The molecule has 1 atom stereocenters. The Morgan fingerprint density at radius 1 is 1.24 bits per heavy atom. The number of nitrogens with zero attached hydrogens (tertiary/aromatic N) is 2. The fourth-order valence-electron chi connectivity index (χ4n) is 2.96. The zero-order chi connectivity index (χ0) is 12.9. The lowest BCUT2D eigenvalue weighted by Crippen LogP contribution is -2.54. The molecule has 0 spiro atoms. The first-order valence-corrected chi connectivity index (χ1v) is 7.07. The van der Waals surface area contributed by atoms with Gasteiger partial charge in [-0.15, -0.1) is 0 Å². The minimum atomic E-state index is 0.409. The van der Waals surface area contributed by atoms with Crippen LogP contribution in [0.25, 0.3) is 0 Å². The molecule has 1 N–H and O–H groups in total. The van der Waals surface area contributed by atoms with Crippen molar-refractivity contribution in [1.82, 2.24) is 15.1 Å². The van der Waals surface area contributed by atoms with Crippen molar-refractivity contribution in [3.05, 3.63) is 0 Å². The van der Waals surface area contributed by atoms with Crippen LogP contribution in [-0.4, -0.2) is 62.7 Å². The Morgan fingerprint density at radius 3 is 2.47 bits per heavy atom. The smallest absolute Gasteiger partial charge is 0.0170 e. The molecular weight excluding hydrogens is 210 g/mol. The molecule has 1 aliphatic rings. The second-order valence-corrected chi connectivity index (χ2v) is 6.26. The van der Waals surface area contributed by atoms with Crippen molar-refractivity contribution in [2.45, 2.75) is 39.7 Å². The number of rotatable bonds is 6. The standard InChI is InChI=1S/C14H31N3/c1-6-17(11-7-10-16(4)5)13-8-9-15-12-14(13,2)3/h13,15H,6-12H2,1-5H3. The van der Waals surface area contributed by atoms with Crippen LogP contribution < -0.4 is 5.32 Å². The third-order valence-corrected chi connectivity index (χ3v) is 3.97. The fraction of sp³-hybridized carbons (Fsp3) is 1.00. The molecule has 0 aromatic rings. The van der Waals surface area contributed by atoms with E-state index in [0.29, 0.717) is 5.41 Å². The van der Waals surface area contributed by atoms with Crippen LogP contribution in [0.2, 0.25) is 0 Å². The van der Waals surface area contributed by atoms with Crippen molar-refractivity contribution in [1.29, 1.82) is 0 Å². The molecule has 3 nitrogen and oxygen atoms in total. The highest BCUT2D eigenvalue weighted by molar-refractivity contribution is 4.91. The lowest BCUT2D eigenvalue weighted by molar-refractivity contribution is 0.0611. The zero-order valence-electron chi connectivity index (χ0n) is 12.4. The van der Waals surface area contributed by atoms with E-state index in [4.69, 9.17) is 0 Å². The van der Waals surface area contributed by atoms with Gasteiger partial charge in [-0.3, -0.25) is 4.90 Å². The summed E-state index contributed by atoms with van der Waals surface area (Å²) in [5, 5.41) is 3.52. The fourth-order valence-corrected chi connectivity index (χ4v) is 2.96. The summed E-state index contributed by atoms with van der Waals surface area (Å²) < 4.78 is 0. The lowest BCUT2D eigenvalue weighted by atomic mass is 9.79. The SMILES string of the molecule is CCN(CCCN(C)C)C1CCNCC1(C)C. The van der Waals surface area contributed by atoms with Crippen LogP contribution in [0.1, 0.15) is 33.6 Å². The van der Waals surface area contributed by atoms with Crippen LogP contribution in [0.3, 0.4) is 0 Å². The molecule has 0 radical (unpaired) electrons. The van der Waals surface area contributed by atoms with E-state index in [9.17, 15) is 0 Å². The highest BCUT2D eigenvalue weighted by Gasteiger charge is 2.35. The number of piperidine rings is 1. The van der Waals surface area contributed by atoms with E-state index in [1.165, 1.54) is 39.0 Å². The van der Waals surface area contributed by atoms with Gasteiger partial charge in [0.2, 0.25) is 0 Å². The van der Waals surface area contributed by atoms with Crippen molar-refractivity contribution in [2.75, 3.05) is 46.8 Å². The third kappa shape index (κ3) is 4.57. The molecule has 1 fully saturated rings. The Balaban J connectivity index is 2.47. The van der Waals surface area contributed by atoms with E-state index in [1.54, 1.807) is 0 Å². The Labute approximate surface area is 108 Å². The maximum Gasteiger partial charge on any atom is 0.0170 e.